The topological polar surface area (TPSA) is 65.0 Å². The van der Waals surface area contributed by atoms with Crippen LogP contribution in [-0.4, -0.2) is 15.0 Å². The van der Waals surface area contributed by atoms with Crippen LogP contribution in [0.15, 0.2) is 197 Å². The number of hydrogen-bond donors (Lipinski definition) is 0. The summed E-state index contributed by atoms with van der Waals surface area (Å²) >= 11 is 0. The van der Waals surface area contributed by atoms with Crippen LogP contribution in [0.25, 0.3) is 122 Å². The van der Waals surface area contributed by atoms with Gasteiger partial charge in [0.05, 0.1) is 0 Å². The molecule has 5 heteroatoms. The van der Waals surface area contributed by atoms with Crippen molar-refractivity contribution < 1.29 is 8.83 Å². The van der Waals surface area contributed by atoms with Gasteiger partial charge in [-0.25, -0.2) is 15.0 Å². The first-order chi connectivity index (χ1) is 28.7. The number of para-hydroxylation sites is 1. The first kappa shape index (κ1) is 32.4. The molecule has 0 aliphatic carbocycles. The van der Waals surface area contributed by atoms with Gasteiger partial charge in [0, 0.05) is 38.2 Å². The zero-order valence-corrected chi connectivity index (χ0v) is 31.1. The van der Waals surface area contributed by atoms with E-state index < -0.39 is 0 Å². The van der Waals surface area contributed by atoms with E-state index in [2.05, 4.69) is 152 Å². The van der Waals surface area contributed by atoms with Crippen molar-refractivity contribution in [3.63, 3.8) is 0 Å². The molecule has 58 heavy (non-hydrogen) atoms. The Labute approximate surface area is 332 Å². The molecule has 0 fully saturated rings. The van der Waals surface area contributed by atoms with E-state index in [0.29, 0.717) is 17.5 Å². The number of fused-ring (bicyclic) bond motifs is 9. The molecule has 0 aliphatic rings. The molecule has 0 unspecified atom stereocenters. The van der Waals surface area contributed by atoms with Crippen molar-refractivity contribution in [2.24, 2.45) is 0 Å². The van der Waals surface area contributed by atoms with Gasteiger partial charge in [0.2, 0.25) is 0 Å². The van der Waals surface area contributed by atoms with Crippen LogP contribution in [0.3, 0.4) is 0 Å². The van der Waals surface area contributed by atoms with Gasteiger partial charge >= 0.3 is 0 Å². The Bertz CT molecular complexity index is 3570. The van der Waals surface area contributed by atoms with Gasteiger partial charge in [-0.1, -0.05) is 140 Å². The number of rotatable bonds is 5. The average molecular weight is 742 g/mol. The highest BCUT2D eigenvalue weighted by Gasteiger charge is 2.19. The smallest absolute Gasteiger partial charge is 0.164 e. The third kappa shape index (κ3) is 5.29. The van der Waals surface area contributed by atoms with Crippen LogP contribution in [0.5, 0.6) is 0 Å². The maximum absolute atomic E-state index is 6.53. The average Bonchev–Trinajstić information content (AvgIpc) is 3.87. The van der Waals surface area contributed by atoms with Gasteiger partial charge in [0.15, 0.2) is 17.5 Å². The first-order valence-electron chi connectivity index (χ1n) is 19.4. The summed E-state index contributed by atoms with van der Waals surface area (Å²) in [4.78, 5) is 15.7. The number of nitrogens with zero attached hydrogens (tertiary/aromatic N) is 3. The maximum Gasteiger partial charge on any atom is 0.164 e. The van der Waals surface area contributed by atoms with Gasteiger partial charge in [0.25, 0.3) is 0 Å². The molecule has 0 spiro atoms. The molecule has 0 radical (unpaired) electrons. The van der Waals surface area contributed by atoms with Crippen LogP contribution in [0.1, 0.15) is 0 Å². The Morgan fingerprint density at radius 2 is 0.810 bits per heavy atom. The molecule has 0 saturated heterocycles. The van der Waals surface area contributed by atoms with Crippen molar-refractivity contribution in [3.8, 4) is 56.4 Å². The summed E-state index contributed by atoms with van der Waals surface area (Å²) in [5.74, 6) is 1.77. The van der Waals surface area contributed by atoms with Crippen molar-refractivity contribution in [2.45, 2.75) is 0 Å². The Hall–Kier alpha value is -7.89. The van der Waals surface area contributed by atoms with Gasteiger partial charge in [0.1, 0.15) is 22.3 Å². The normalized spacial score (nSPS) is 11.8. The van der Waals surface area contributed by atoms with Gasteiger partial charge < -0.3 is 8.83 Å². The van der Waals surface area contributed by atoms with Crippen molar-refractivity contribution in [1.82, 2.24) is 15.0 Å². The minimum atomic E-state index is 0.579. The molecule has 12 aromatic rings. The summed E-state index contributed by atoms with van der Waals surface area (Å²) < 4.78 is 12.7. The maximum atomic E-state index is 6.53. The van der Waals surface area contributed by atoms with Crippen LogP contribution in [-0.2, 0) is 0 Å². The third-order valence-corrected chi connectivity index (χ3v) is 11.3. The molecule has 3 aromatic heterocycles. The number of hydrogen-bond acceptors (Lipinski definition) is 5. The highest BCUT2D eigenvalue weighted by molar-refractivity contribution is 6.19. The molecule has 12 rings (SSSR count). The van der Waals surface area contributed by atoms with Gasteiger partial charge in [-0.15, -0.1) is 0 Å². The van der Waals surface area contributed by atoms with Crippen molar-refractivity contribution in [3.05, 3.63) is 188 Å². The summed E-state index contributed by atoms with van der Waals surface area (Å²) in [7, 11) is 0. The van der Waals surface area contributed by atoms with Crippen LogP contribution < -0.4 is 0 Å². The zero-order valence-electron chi connectivity index (χ0n) is 31.1. The molecule has 9 aromatic carbocycles. The Balaban J connectivity index is 1.06. The molecule has 0 aliphatic heterocycles. The fraction of sp³-hybridized carbons (Fsp3) is 0. The van der Waals surface area contributed by atoms with Crippen LogP contribution in [0, 0.1) is 0 Å². The molecular weight excluding hydrogens is 711 g/mol. The molecule has 5 nitrogen and oxygen atoms in total. The standard InChI is InChI=1S/C53H31N3O2/c1-3-10-32(11-4-1)35-20-18-34-19-21-38(30-40(34)28-35)51-54-52(39-23-25-41-37(29-39)24-27-47-49(41)42-14-7-8-16-45(42)57-47)56-53(55-51)44-15-9-17-46-50(44)43-26-22-36(31-48(43)58-46)33-12-5-2-6-13-33/h1-31H. The molecule has 270 valence electrons. The lowest BCUT2D eigenvalue weighted by Gasteiger charge is -2.11. The van der Waals surface area contributed by atoms with E-state index >= 15 is 0 Å². The SMILES string of the molecule is c1ccc(-c2ccc3ccc(-c4nc(-c5ccc6c(ccc7oc8ccccc8c76)c5)nc(-c5cccc6oc7cc(-c8ccccc8)ccc7c56)n4)cc3c2)cc1. The number of benzene rings is 9. The molecule has 3 heterocycles. The van der Waals surface area contributed by atoms with E-state index in [1.165, 1.54) is 5.56 Å². The second-order valence-corrected chi connectivity index (χ2v) is 14.8. The van der Waals surface area contributed by atoms with Crippen molar-refractivity contribution >= 4 is 65.4 Å². The molecule has 0 amide bonds. The summed E-state index contributed by atoms with van der Waals surface area (Å²) in [6.07, 6.45) is 0. The summed E-state index contributed by atoms with van der Waals surface area (Å²) in [5, 5.41) is 8.65. The lowest BCUT2D eigenvalue weighted by Crippen LogP contribution is -2.00. The minimum Gasteiger partial charge on any atom is -0.456 e. The van der Waals surface area contributed by atoms with E-state index in [1.54, 1.807) is 0 Å². The van der Waals surface area contributed by atoms with Crippen molar-refractivity contribution in [2.75, 3.05) is 0 Å². The third-order valence-electron chi connectivity index (χ3n) is 11.3. The van der Waals surface area contributed by atoms with E-state index in [9.17, 15) is 0 Å². The largest absolute Gasteiger partial charge is 0.456 e. The zero-order chi connectivity index (χ0) is 38.2. The van der Waals surface area contributed by atoms with Crippen LogP contribution >= 0.6 is 0 Å². The highest BCUT2D eigenvalue weighted by Crippen LogP contribution is 2.40. The second-order valence-electron chi connectivity index (χ2n) is 14.8. The van der Waals surface area contributed by atoms with Gasteiger partial charge in [-0.05, 0) is 92.3 Å². The predicted molar refractivity (Wildman–Crippen MR) is 237 cm³/mol. The summed E-state index contributed by atoms with van der Waals surface area (Å²) in [6.45, 7) is 0. The molecule has 0 saturated carbocycles. The monoisotopic (exact) mass is 741 g/mol. The van der Waals surface area contributed by atoms with E-state index in [4.69, 9.17) is 23.8 Å². The predicted octanol–water partition coefficient (Wildman–Crippen LogP) is 14.3. The Morgan fingerprint density at radius 3 is 1.60 bits per heavy atom. The lowest BCUT2D eigenvalue weighted by molar-refractivity contribution is 0.669. The Kier molecular flexibility index (Phi) is 7.16. The van der Waals surface area contributed by atoms with Crippen molar-refractivity contribution in [1.29, 1.82) is 0 Å². The molecule has 0 bridgehead atoms. The summed E-state index contributed by atoms with van der Waals surface area (Å²) in [6, 6.07) is 65.2. The van der Waals surface area contributed by atoms with E-state index in [1.807, 2.05) is 36.4 Å². The first-order valence-corrected chi connectivity index (χ1v) is 19.4. The van der Waals surface area contributed by atoms with Crippen LogP contribution in [0.2, 0.25) is 0 Å². The fourth-order valence-electron chi connectivity index (χ4n) is 8.47. The summed E-state index contributed by atoms with van der Waals surface area (Å²) in [5.41, 5.74) is 10.6. The second kappa shape index (κ2) is 12.8. The minimum absolute atomic E-state index is 0.579. The number of aromatic nitrogens is 3. The number of furan rings is 2. The highest BCUT2D eigenvalue weighted by atomic mass is 16.3. The van der Waals surface area contributed by atoms with Crippen LogP contribution in [0.4, 0.5) is 0 Å². The van der Waals surface area contributed by atoms with Gasteiger partial charge in [-0.2, -0.15) is 0 Å². The molecular formula is C53H31N3O2. The fourth-order valence-corrected chi connectivity index (χ4v) is 8.47. The van der Waals surface area contributed by atoms with Gasteiger partial charge in [-0.3, -0.25) is 0 Å². The quantitative estimate of drug-likeness (QED) is 0.176. The van der Waals surface area contributed by atoms with E-state index in [-0.39, 0.29) is 0 Å². The van der Waals surface area contributed by atoms with E-state index in [0.717, 1.165) is 98.8 Å². The lowest BCUT2D eigenvalue weighted by atomic mass is 9.99. The molecule has 0 atom stereocenters. The molecule has 0 N–H and O–H groups in total. The Morgan fingerprint density at radius 1 is 0.276 bits per heavy atom.